The smallest absolute Gasteiger partial charge is 0.262 e. The van der Waals surface area contributed by atoms with Crippen molar-refractivity contribution in [1.82, 2.24) is 4.90 Å². The maximum absolute atomic E-state index is 12.2. The quantitative estimate of drug-likeness (QED) is 0.609. The maximum atomic E-state index is 12.2. The predicted molar refractivity (Wildman–Crippen MR) is 73.7 cm³/mol. The van der Waals surface area contributed by atoms with Crippen molar-refractivity contribution in [1.29, 1.82) is 0 Å². The van der Waals surface area contributed by atoms with E-state index >= 15 is 0 Å². The molecule has 0 aromatic heterocycles. The molecule has 1 aromatic rings. The van der Waals surface area contributed by atoms with E-state index in [9.17, 15) is 9.59 Å². The second-order valence-corrected chi connectivity index (χ2v) is 5.71. The Morgan fingerprint density at radius 2 is 1.71 bits per heavy atom. The molecule has 0 aliphatic carbocycles. The second-order valence-electron chi connectivity index (χ2n) is 3.97. The van der Waals surface area contributed by atoms with Gasteiger partial charge in [0, 0.05) is 0 Å². The number of hydrogen-bond acceptors (Lipinski definition) is 2. The number of hydrogen-bond donors (Lipinski definition) is 0. The summed E-state index contributed by atoms with van der Waals surface area (Å²) in [5.41, 5.74) is 1.02. The summed E-state index contributed by atoms with van der Waals surface area (Å²) in [7, 11) is 3.61. The molecule has 0 saturated heterocycles. The Kier molecular flexibility index (Phi) is 3.42. The summed E-state index contributed by atoms with van der Waals surface area (Å²) >= 11 is 0. The number of imide groups is 1. The highest BCUT2D eigenvalue weighted by molar-refractivity contribution is 8.02. The van der Waals surface area contributed by atoms with E-state index in [2.05, 4.69) is 8.93 Å². The Hall–Kier alpha value is -1.04. The number of carbonyl (C=O) groups is 2. The summed E-state index contributed by atoms with van der Waals surface area (Å²) in [4.78, 5) is 25.6. The van der Waals surface area contributed by atoms with Gasteiger partial charge in [0.1, 0.15) is 0 Å². The van der Waals surface area contributed by atoms with Gasteiger partial charge in [-0.05, 0) is 31.3 Å². The third-order valence-corrected chi connectivity index (χ3v) is 5.02. The molecule has 0 spiro atoms. The van der Waals surface area contributed by atoms with Gasteiger partial charge in [0.05, 0.1) is 17.2 Å². The lowest BCUT2D eigenvalue weighted by atomic mass is 10.1. The maximum Gasteiger partial charge on any atom is 0.262 e. The first-order chi connectivity index (χ1) is 8.07. The lowest BCUT2D eigenvalue weighted by molar-refractivity contribution is 0.0636. The van der Waals surface area contributed by atoms with Crippen molar-refractivity contribution in [2.45, 2.75) is 19.9 Å². The van der Waals surface area contributed by atoms with E-state index in [0.29, 0.717) is 11.1 Å². The topological polar surface area (TPSA) is 37.4 Å². The molecular formula is C12H13NO2P2. The van der Waals surface area contributed by atoms with Gasteiger partial charge in [0.25, 0.3) is 11.8 Å². The predicted octanol–water partition coefficient (Wildman–Crippen LogP) is 2.60. The van der Waals surface area contributed by atoms with Crippen LogP contribution < -0.4 is 0 Å². The normalized spacial score (nSPS) is 17.4. The Morgan fingerprint density at radius 3 is 2.12 bits per heavy atom. The fraction of sp³-hybridized carbons (Fsp3) is 0.250. The van der Waals surface area contributed by atoms with Crippen molar-refractivity contribution < 1.29 is 9.59 Å². The minimum Gasteiger partial charge on any atom is -0.269 e. The van der Waals surface area contributed by atoms with Gasteiger partial charge in [-0.3, -0.25) is 14.5 Å². The zero-order chi connectivity index (χ0) is 12.6. The van der Waals surface area contributed by atoms with Gasteiger partial charge in [0.2, 0.25) is 0 Å². The van der Waals surface area contributed by atoms with E-state index in [1.54, 1.807) is 24.3 Å². The van der Waals surface area contributed by atoms with Crippen LogP contribution in [0.2, 0.25) is 0 Å². The van der Waals surface area contributed by atoms with Crippen LogP contribution in [0.3, 0.4) is 0 Å². The first-order valence-electron chi connectivity index (χ1n) is 5.29. The largest absolute Gasteiger partial charge is 0.269 e. The monoisotopic (exact) mass is 265 g/mol. The molecule has 3 nitrogen and oxygen atoms in total. The van der Waals surface area contributed by atoms with Crippen molar-refractivity contribution in [3.05, 3.63) is 35.4 Å². The van der Waals surface area contributed by atoms with Crippen LogP contribution in [0.25, 0.3) is 0 Å². The molecule has 17 heavy (non-hydrogen) atoms. The van der Waals surface area contributed by atoms with Gasteiger partial charge in [0.15, 0.2) is 0 Å². The number of rotatable bonds is 2. The average Bonchev–Trinajstić information content (AvgIpc) is 2.61. The van der Waals surface area contributed by atoms with Crippen LogP contribution in [0.1, 0.15) is 34.6 Å². The first-order valence-corrected chi connectivity index (χ1v) is 7.80. The van der Waals surface area contributed by atoms with Gasteiger partial charge in [-0.1, -0.05) is 29.0 Å². The van der Waals surface area contributed by atoms with Crippen LogP contribution in [0, 0.1) is 0 Å². The summed E-state index contributed by atoms with van der Waals surface area (Å²) in [6, 6.07) is 6.80. The second kappa shape index (κ2) is 4.68. The molecule has 88 valence electrons. The molecule has 1 aromatic carbocycles. The van der Waals surface area contributed by atoms with Gasteiger partial charge < -0.3 is 0 Å². The average molecular weight is 265 g/mol. The van der Waals surface area contributed by atoms with Crippen molar-refractivity contribution >= 4 is 33.9 Å². The van der Waals surface area contributed by atoms with Crippen LogP contribution in [0.5, 0.6) is 0 Å². The summed E-state index contributed by atoms with van der Waals surface area (Å²) < 4.78 is 0. The zero-order valence-corrected chi connectivity index (χ0v) is 11.7. The lowest BCUT2D eigenvalue weighted by Gasteiger charge is -2.22. The van der Waals surface area contributed by atoms with E-state index in [0.717, 1.165) is 13.2 Å². The highest BCUT2D eigenvalue weighted by Crippen LogP contribution is 2.26. The molecule has 1 heterocycles. The lowest BCUT2D eigenvalue weighted by Crippen LogP contribution is -2.41. The minimum atomic E-state index is -0.189. The van der Waals surface area contributed by atoms with Crippen LogP contribution in [-0.4, -0.2) is 28.0 Å². The van der Waals surface area contributed by atoms with Crippen LogP contribution in [0.15, 0.2) is 24.3 Å². The molecule has 2 atom stereocenters. The third-order valence-electron chi connectivity index (χ3n) is 3.02. The summed E-state index contributed by atoms with van der Waals surface area (Å²) in [6.07, 6.45) is 0. The summed E-state index contributed by atoms with van der Waals surface area (Å²) in [6.45, 7) is 3.83. The number of benzene rings is 1. The molecule has 0 fully saturated rings. The molecular weight excluding hydrogens is 252 g/mol. The standard InChI is InChI=1S/C12H13NO2P2/c1-7(8(2)17-16)13-11(14)9-5-3-4-6-10(9)12(13)15/h3-7H,16H2,1-2H3. The molecule has 1 aliphatic rings. The molecule has 0 N–H and O–H groups in total. The van der Waals surface area contributed by atoms with Crippen molar-refractivity contribution in [3.63, 3.8) is 0 Å². The van der Waals surface area contributed by atoms with E-state index in [-0.39, 0.29) is 17.9 Å². The Labute approximate surface area is 104 Å². The summed E-state index contributed by atoms with van der Waals surface area (Å²) in [5, 5.41) is 1.07. The van der Waals surface area contributed by atoms with Crippen molar-refractivity contribution in [2.75, 3.05) is 0 Å². The van der Waals surface area contributed by atoms with Gasteiger partial charge in [-0.2, -0.15) is 0 Å². The van der Waals surface area contributed by atoms with Crippen LogP contribution in [-0.2, 0) is 0 Å². The number of fused-ring (bicyclic) bond motifs is 1. The summed E-state index contributed by atoms with van der Waals surface area (Å²) in [5.74, 6) is -0.378. The van der Waals surface area contributed by atoms with Gasteiger partial charge in [-0.25, -0.2) is 0 Å². The third kappa shape index (κ3) is 1.94. The molecule has 0 saturated carbocycles. The van der Waals surface area contributed by atoms with Gasteiger partial charge >= 0.3 is 0 Å². The molecule has 1 aliphatic heterocycles. The Balaban J connectivity index is 2.43. The van der Waals surface area contributed by atoms with E-state index in [4.69, 9.17) is 0 Å². The number of nitrogens with zero attached hydrogens (tertiary/aromatic N) is 1. The highest BCUT2D eigenvalue weighted by Gasteiger charge is 2.38. The fourth-order valence-corrected chi connectivity index (χ4v) is 2.83. The molecule has 2 amide bonds. The Morgan fingerprint density at radius 1 is 1.24 bits per heavy atom. The fourth-order valence-electron chi connectivity index (χ4n) is 1.85. The van der Waals surface area contributed by atoms with E-state index < -0.39 is 0 Å². The van der Waals surface area contributed by atoms with Gasteiger partial charge in [-0.15, -0.1) is 0 Å². The zero-order valence-electron chi connectivity index (χ0n) is 9.68. The van der Waals surface area contributed by atoms with Crippen LogP contribution >= 0.6 is 16.8 Å². The van der Waals surface area contributed by atoms with E-state index in [1.165, 1.54) is 4.90 Å². The highest BCUT2D eigenvalue weighted by atomic mass is 32.0. The van der Waals surface area contributed by atoms with Crippen molar-refractivity contribution in [3.8, 4) is 0 Å². The first kappa shape index (κ1) is 12.4. The van der Waals surface area contributed by atoms with Crippen LogP contribution in [0.4, 0.5) is 0 Å². The molecule has 0 radical (unpaired) electrons. The number of carbonyl (C=O) groups excluding carboxylic acids is 2. The molecule has 2 unspecified atom stereocenters. The molecule has 0 bridgehead atoms. The minimum absolute atomic E-state index is 0.165. The molecule has 5 heteroatoms. The van der Waals surface area contributed by atoms with Crippen molar-refractivity contribution in [2.24, 2.45) is 0 Å². The Bertz CT molecular complexity index is 490. The SMILES string of the molecule is CC(=PP)C(C)N1C(=O)c2ccccc2C1=O. The molecule has 2 rings (SSSR count). The number of amides is 2. The van der Waals surface area contributed by atoms with E-state index in [1.807, 2.05) is 13.8 Å².